The lowest BCUT2D eigenvalue weighted by atomic mass is 10.1. The normalized spacial score (nSPS) is 18.8. The molecule has 1 atom stereocenters. The Kier molecular flexibility index (Phi) is 3.80. The highest BCUT2D eigenvalue weighted by Crippen LogP contribution is 2.16. The first kappa shape index (κ1) is 13.9. The van der Waals surface area contributed by atoms with Crippen LogP contribution in [-0.4, -0.2) is 32.6 Å². The number of amides is 1. The van der Waals surface area contributed by atoms with Gasteiger partial charge in [0.1, 0.15) is 5.60 Å². The zero-order chi connectivity index (χ0) is 14.0. The fourth-order valence-corrected chi connectivity index (χ4v) is 2.17. The van der Waals surface area contributed by atoms with Crippen molar-refractivity contribution in [2.75, 3.05) is 0 Å². The van der Waals surface area contributed by atoms with Gasteiger partial charge in [0.2, 0.25) is 0 Å². The molecule has 19 heavy (non-hydrogen) atoms. The van der Waals surface area contributed by atoms with E-state index in [0.717, 1.165) is 18.5 Å². The van der Waals surface area contributed by atoms with Crippen LogP contribution in [0.5, 0.6) is 0 Å². The van der Waals surface area contributed by atoms with Crippen LogP contribution in [0.15, 0.2) is 6.07 Å². The van der Waals surface area contributed by atoms with Crippen molar-refractivity contribution >= 4 is 6.09 Å². The molecule has 0 unspecified atom stereocenters. The summed E-state index contributed by atoms with van der Waals surface area (Å²) in [5.41, 5.74) is 1.29. The number of aliphatic hydroxyl groups excluding tert-OH is 1. The van der Waals surface area contributed by atoms with E-state index in [1.54, 1.807) is 0 Å². The number of aryl methyl sites for hydroxylation is 1. The molecule has 0 radical (unpaired) electrons. The van der Waals surface area contributed by atoms with Crippen LogP contribution in [-0.2, 0) is 24.3 Å². The first-order valence-electron chi connectivity index (χ1n) is 6.53. The summed E-state index contributed by atoms with van der Waals surface area (Å²) in [5.74, 6) is 0. The van der Waals surface area contributed by atoms with Crippen molar-refractivity contribution in [3.8, 4) is 0 Å². The third-order valence-electron chi connectivity index (χ3n) is 2.94. The highest BCUT2D eigenvalue weighted by atomic mass is 16.6. The van der Waals surface area contributed by atoms with E-state index < -0.39 is 11.7 Å². The van der Waals surface area contributed by atoms with Crippen LogP contribution in [0.3, 0.4) is 0 Å². The van der Waals surface area contributed by atoms with Crippen LogP contribution in [0.1, 0.15) is 38.6 Å². The molecule has 6 heteroatoms. The van der Waals surface area contributed by atoms with Crippen molar-refractivity contribution in [1.29, 1.82) is 0 Å². The Balaban J connectivity index is 1.93. The second-order valence-electron chi connectivity index (χ2n) is 5.85. The van der Waals surface area contributed by atoms with E-state index in [9.17, 15) is 4.79 Å². The lowest BCUT2D eigenvalue weighted by molar-refractivity contribution is 0.0491. The molecule has 0 aromatic carbocycles. The Hall–Kier alpha value is -1.56. The van der Waals surface area contributed by atoms with E-state index in [1.165, 1.54) is 0 Å². The highest BCUT2D eigenvalue weighted by molar-refractivity contribution is 5.68. The number of rotatable bonds is 2. The number of hydrogen-bond acceptors (Lipinski definition) is 4. The van der Waals surface area contributed by atoms with Crippen molar-refractivity contribution in [3.63, 3.8) is 0 Å². The van der Waals surface area contributed by atoms with Gasteiger partial charge in [-0.15, -0.1) is 0 Å². The van der Waals surface area contributed by atoms with E-state index in [2.05, 4.69) is 10.4 Å². The molecule has 1 aliphatic rings. The maximum atomic E-state index is 11.7. The number of carbonyl (C=O) groups is 1. The summed E-state index contributed by atoms with van der Waals surface area (Å²) in [5, 5.41) is 16.2. The molecule has 106 valence electrons. The third kappa shape index (κ3) is 3.70. The van der Waals surface area contributed by atoms with Gasteiger partial charge in [-0.1, -0.05) is 0 Å². The number of fused-ring (bicyclic) bond motifs is 1. The fourth-order valence-electron chi connectivity index (χ4n) is 2.17. The predicted molar refractivity (Wildman–Crippen MR) is 69.6 cm³/mol. The molecule has 1 amide bonds. The van der Waals surface area contributed by atoms with Crippen molar-refractivity contribution in [2.24, 2.45) is 0 Å². The lowest BCUT2D eigenvalue weighted by Gasteiger charge is -2.26. The summed E-state index contributed by atoms with van der Waals surface area (Å²) in [6, 6.07) is 1.93. The molecule has 0 spiro atoms. The molecule has 0 bridgehead atoms. The second-order valence-corrected chi connectivity index (χ2v) is 5.85. The second kappa shape index (κ2) is 5.21. The minimum absolute atomic E-state index is 0.0220. The van der Waals surface area contributed by atoms with Gasteiger partial charge in [-0.05, 0) is 39.7 Å². The van der Waals surface area contributed by atoms with Gasteiger partial charge in [0.15, 0.2) is 0 Å². The Labute approximate surface area is 112 Å². The van der Waals surface area contributed by atoms with Crippen LogP contribution >= 0.6 is 0 Å². The number of ether oxygens (including phenoxy) is 1. The SMILES string of the molecule is CC(C)(C)OC(=O)N[C@@H]1CCc2cc(CO)nn2C1. The van der Waals surface area contributed by atoms with Gasteiger partial charge in [-0.25, -0.2) is 4.79 Å². The van der Waals surface area contributed by atoms with Gasteiger partial charge >= 0.3 is 6.09 Å². The number of aromatic nitrogens is 2. The van der Waals surface area contributed by atoms with Gasteiger partial charge in [-0.3, -0.25) is 4.68 Å². The van der Waals surface area contributed by atoms with Gasteiger partial charge in [0.05, 0.1) is 24.9 Å². The number of nitrogens with one attached hydrogen (secondary N) is 1. The van der Waals surface area contributed by atoms with Crippen molar-refractivity contribution in [3.05, 3.63) is 17.5 Å². The maximum absolute atomic E-state index is 11.7. The minimum Gasteiger partial charge on any atom is -0.444 e. The van der Waals surface area contributed by atoms with Gasteiger partial charge < -0.3 is 15.2 Å². The third-order valence-corrected chi connectivity index (χ3v) is 2.94. The smallest absolute Gasteiger partial charge is 0.407 e. The van der Waals surface area contributed by atoms with Crippen LogP contribution < -0.4 is 5.32 Å². The Morgan fingerprint density at radius 2 is 2.37 bits per heavy atom. The summed E-state index contributed by atoms with van der Waals surface area (Å²) in [7, 11) is 0. The van der Waals surface area contributed by atoms with Crippen LogP contribution in [0.2, 0.25) is 0 Å². The average Bonchev–Trinajstić information content (AvgIpc) is 2.68. The molecular weight excluding hydrogens is 246 g/mol. The number of alkyl carbamates (subject to hydrolysis) is 1. The molecular formula is C13H21N3O3. The highest BCUT2D eigenvalue weighted by Gasteiger charge is 2.24. The maximum Gasteiger partial charge on any atom is 0.407 e. The summed E-state index contributed by atoms with van der Waals surface area (Å²) < 4.78 is 7.08. The Bertz CT molecular complexity index is 462. The zero-order valence-corrected chi connectivity index (χ0v) is 11.6. The number of hydrogen-bond donors (Lipinski definition) is 2. The molecule has 0 aliphatic carbocycles. The number of aliphatic hydroxyl groups is 1. The standard InChI is InChI=1S/C13H21N3O3/c1-13(2,3)19-12(18)14-9-4-5-11-6-10(8-17)15-16(11)7-9/h6,9,17H,4-5,7-8H2,1-3H3,(H,14,18)/t9-/m1/s1. The molecule has 2 heterocycles. The zero-order valence-electron chi connectivity index (χ0n) is 11.6. The minimum atomic E-state index is -0.486. The van der Waals surface area contributed by atoms with E-state index in [-0.39, 0.29) is 12.6 Å². The summed E-state index contributed by atoms with van der Waals surface area (Å²) in [6.07, 6.45) is 1.30. The molecule has 0 fully saturated rings. The monoisotopic (exact) mass is 267 g/mol. The topological polar surface area (TPSA) is 76.4 Å². The average molecular weight is 267 g/mol. The summed E-state index contributed by atoms with van der Waals surface area (Å²) in [6.45, 7) is 6.09. The molecule has 1 aliphatic heterocycles. The Morgan fingerprint density at radius 3 is 3.00 bits per heavy atom. The molecule has 6 nitrogen and oxygen atoms in total. The number of carbonyl (C=O) groups excluding carboxylic acids is 1. The lowest BCUT2D eigenvalue weighted by Crippen LogP contribution is -2.43. The molecule has 2 N–H and O–H groups in total. The van der Waals surface area contributed by atoms with Crippen LogP contribution in [0.25, 0.3) is 0 Å². The van der Waals surface area contributed by atoms with Gasteiger partial charge in [0.25, 0.3) is 0 Å². The molecule has 1 aromatic rings. The molecule has 0 saturated carbocycles. The van der Waals surface area contributed by atoms with Crippen molar-refractivity contribution in [1.82, 2.24) is 15.1 Å². The summed E-state index contributed by atoms with van der Waals surface area (Å²) in [4.78, 5) is 11.7. The van der Waals surface area contributed by atoms with E-state index >= 15 is 0 Å². The summed E-state index contributed by atoms with van der Waals surface area (Å²) >= 11 is 0. The van der Waals surface area contributed by atoms with Gasteiger partial charge in [0, 0.05) is 5.69 Å². The van der Waals surface area contributed by atoms with E-state index in [4.69, 9.17) is 9.84 Å². The van der Waals surface area contributed by atoms with Crippen LogP contribution in [0.4, 0.5) is 4.79 Å². The van der Waals surface area contributed by atoms with Crippen molar-refractivity contribution in [2.45, 2.75) is 58.4 Å². The first-order valence-corrected chi connectivity index (χ1v) is 6.53. The van der Waals surface area contributed by atoms with Gasteiger partial charge in [-0.2, -0.15) is 5.10 Å². The van der Waals surface area contributed by atoms with E-state index in [0.29, 0.717) is 12.2 Å². The first-order chi connectivity index (χ1) is 8.87. The number of nitrogens with zero attached hydrogens (tertiary/aromatic N) is 2. The molecule has 0 saturated heterocycles. The largest absolute Gasteiger partial charge is 0.444 e. The van der Waals surface area contributed by atoms with Crippen LogP contribution in [0, 0.1) is 0 Å². The van der Waals surface area contributed by atoms with Crippen molar-refractivity contribution < 1.29 is 14.6 Å². The molecule has 2 rings (SSSR count). The molecule has 1 aromatic heterocycles. The van der Waals surface area contributed by atoms with E-state index in [1.807, 2.05) is 31.5 Å². The Morgan fingerprint density at radius 1 is 1.63 bits per heavy atom. The quantitative estimate of drug-likeness (QED) is 0.844. The fraction of sp³-hybridized carbons (Fsp3) is 0.692. The predicted octanol–water partition coefficient (Wildman–Crippen LogP) is 1.21.